The number of aryl methyl sites for hydroxylation is 1. The minimum absolute atomic E-state index is 0.254. The molecular weight excluding hydrogens is 292 g/mol. The summed E-state index contributed by atoms with van der Waals surface area (Å²) in [6.45, 7) is 6.54. The van der Waals surface area contributed by atoms with Crippen LogP contribution in [-0.2, 0) is 21.3 Å². The van der Waals surface area contributed by atoms with E-state index in [2.05, 4.69) is 10.4 Å². The normalized spacial score (nSPS) is 19.8. The van der Waals surface area contributed by atoms with Gasteiger partial charge in [-0.3, -0.25) is 4.68 Å². The van der Waals surface area contributed by atoms with Gasteiger partial charge in [-0.25, -0.2) is 8.42 Å². The van der Waals surface area contributed by atoms with Gasteiger partial charge in [0.1, 0.15) is 4.90 Å². The van der Waals surface area contributed by atoms with Gasteiger partial charge in [-0.05, 0) is 33.9 Å². The largest absolute Gasteiger partial charge is 0.373 e. The Balaban J connectivity index is 2.09. The first-order valence-corrected chi connectivity index (χ1v) is 8.60. The monoisotopic (exact) mass is 316 g/mol. The molecule has 0 unspecified atom stereocenters. The molecule has 0 saturated carbocycles. The van der Waals surface area contributed by atoms with Gasteiger partial charge in [-0.15, -0.1) is 0 Å². The van der Waals surface area contributed by atoms with Crippen LogP contribution >= 0.6 is 0 Å². The van der Waals surface area contributed by atoms with Crippen molar-refractivity contribution >= 4 is 10.0 Å². The Hall–Kier alpha value is -0.960. The molecule has 1 aliphatic rings. The summed E-state index contributed by atoms with van der Waals surface area (Å²) in [5.74, 6) is 0. The fourth-order valence-electron chi connectivity index (χ4n) is 2.35. The summed E-state index contributed by atoms with van der Waals surface area (Å²) in [4.78, 5) is 0.254. The zero-order chi connectivity index (χ0) is 15.5. The van der Waals surface area contributed by atoms with Crippen molar-refractivity contribution in [2.24, 2.45) is 0 Å². The van der Waals surface area contributed by atoms with Crippen molar-refractivity contribution in [2.75, 3.05) is 33.3 Å². The third-order valence-corrected chi connectivity index (χ3v) is 5.25. The molecule has 21 heavy (non-hydrogen) atoms. The molecule has 1 aromatic rings. The molecule has 0 bridgehead atoms. The summed E-state index contributed by atoms with van der Waals surface area (Å²) in [6.07, 6.45) is 3.94. The Morgan fingerprint density at radius 1 is 1.48 bits per heavy atom. The summed E-state index contributed by atoms with van der Waals surface area (Å²) in [5.41, 5.74) is -0.450. The zero-order valence-electron chi connectivity index (χ0n) is 12.9. The highest BCUT2D eigenvalue weighted by molar-refractivity contribution is 7.89. The van der Waals surface area contributed by atoms with E-state index >= 15 is 0 Å². The van der Waals surface area contributed by atoms with Gasteiger partial charge in [-0.1, -0.05) is 0 Å². The van der Waals surface area contributed by atoms with Crippen LogP contribution in [0.2, 0.25) is 0 Å². The van der Waals surface area contributed by atoms with Crippen LogP contribution in [0.1, 0.15) is 20.3 Å². The lowest BCUT2D eigenvalue weighted by Crippen LogP contribution is -2.50. The maximum Gasteiger partial charge on any atom is 0.246 e. The second-order valence-corrected chi connectivity index (χ2v) is 7.78. The molecule has 0 atom stereocenters. The first-order chi connectivity index (χ1) is 9.85. The Bertz CT molecular complexity index is 568. The molecule has 7 nitrogen and oxygen atoms in total. The van der Waals surface area contributed by atoms with E-state index in [1.54, 1.807) is 10.9 Å². The Morgan fingerprint density at radius 2 is 2.24 bits per heavy atom. The van der Waals surface area contributed by atoms with Crippen molar-refractivity contribution in [3.63, 3.8) is 0 Å². The molecule has 1 saturated heterocycles. The summed E-state index contributed by atoms with van der Waals surface area (Å²) in [7, 11) is -1.60. The van der Waals surface area contributed by atoms with E-state index in [1.807, 2.05) is 20.9 Å². The number of hydrogen-bond acceptors (Lipinski definition) is 5. The van der Waals surface area contributed by atoms with Crippen molar-refractivity contribution in [1.29, 1.82) is 0 Å². The van der Waals surface area contributed by atoms with Crippen molar-refractivity contribution in [3.05, 3.63) is 12.4 Å². The van der Waals surface area contributed by atoms with Crippen LogP contribution in [0.5, 0.6) is 0 Å². The quantitative estimate of drug-likeness (QED) is 0.764. The van der Waals surface area contributed by atoms with Gasteiger partial charge < -0.3 is 10.1 Å². The molecule has 0 spiro atoms. The summed E-state index contributed by atoms with van der Waals surface area (Å²) >= 11 is 0. The summed E-state index contributed by atoms with van der Waals surface area (Å²) in [6, 6.07) is 0. The average Bonchev–Trinajstić information content (AvgIpc) is 2.87. The molecule has 0 amide bonds. The molecule has 2 rings (SSSR count). The van der Waals surface area contributed by atoms with Gasteiger partial charge in [-0.2, -0.15) is 9.40 Å². The third kappa shape index (κ3) is 4.03. The maximum atomic E-state index is 12.6. The Kier molecular flexibility index (Phi) is 5.03. The van der Waals surface area contributed by atoms with E-state index in [-0.39, 0.29) is 4.90 Å². The van der Waals surface area contributed by atoms with Crippen LogP contribution in [0.15, 0.2) is 17.3 Å². The number of aromatic nitrogens is 2. The van der Waals surface area contributed by atoms with Gasteiger partial charge in [0.2, 0.25) is 10.0 Å². The van der Waals surface area contributed by atoms with E-state index in [4.69, 9.17) is 4.74 Å². The SMILES string of the molecule is CNCCCn1cc(S(=O)(=O)N2CCOC(C)(C)C2)cn1. The van der Waals surface area contributed by atoms with Gasteiger partial charge in [0, 0.05) is 25.8 Å². The van der Waals surface area contributed by atoms with Crippen molar-refractivity contribution < 1.29 is 13.2 Å². The molecule has 120 valence electrons. The van der Waals surface area contributed by atoms with Crippen LogP contribution in [-0.4, -0.2) is 61.4 Å². The molecule has 1 aromatic heterocycles. The lowest BCUT2D eigenvalue weighted by molar-refractivity contribution is -0.0640. The van der Waals surface area contributed by atoms with Gasteiger partial charge in [0.15, 0.2) is 0 Å². The number of nitrogens with one attached hydrogen (secondary N) is 1. The summed E-state index contributed by atoms with van der Waals surface area (Å²) in [5, 5.41) is 7.19. The van der Waals surface area contributed by atoms with Crippen molar-refractivity contribution in [3.8, 4) is 0 Å². The molecule has 0 radical (unpaired) electrons. The molecule has 0 aromatic carbocycles. The van der Waals surface area contributed by atoms with Gasteiger partial charge in [0.05, 0.1) is 18.4 Å². The minimum Gasteiger partial charge on any atom is -0.373 e. The zero-order valence-corrected chi connectivity index (χ0v) is 13.7. The molecule has 1 N–H and O–H groups in total. The predicted molar refractivity (Wildman–Crippen MR) is 79.6 cm³/mol. The van der Waals surface area contributed by atoms with E-state index in [1.165, 1.54) is 10.5 Å². The van der Waals surface area contributed by atoms with E-state index in [9.17, 15) is 8.42 Å². The molecule has 2 heterocycles. The smallest absolute Gasteiger partial charge is 0.246 e. The van der Waals surface area contributed by atoms with E-state index in [0.717, 1.165) is 13.0 Å². The number of ether oxygens (including phenoxy) is 1. The van der Waals surface area contributed by atoms with Crippen LogP contribution in [0.4, 0.5) is 0 Å². The number of morpholine rings is 1. The third-order valence-electron chi connectivity index (χ3n) is 3.45. The highest BCUT2D eigenvalue weighted by Gasteiger charge is 2.35. The standard InChI is InChI=1S/C13H24N4O3S/c1-13(2)11-17(7-8-20-13)21(18,19)12-9-15-16(10-12)6-4-5-14-3/h9-10,14H,4-8,11H2,1-3H3. The van der Waals surface area contributed by atoms with E-state index in [0.29, 0.717) is 26.2 Å². The molecule has 1 aliphatic heterocycles. The highest BCUT2D eigenvalue weighted by Crippen LogP contribution is 2.23. The molecule has 1 fully saturated rings. The van der Waals surface area contributed by atoms with Crippen molar-refractivity contribution in [1.82, 2.24) is 19.4 Å². The second-order valence-electron chi connectivity index (χ2n) is 5.84. The highest BCUT2D eigenvalue weighted by atomic mass is 32.2. The van der Waals surface area contributed by atoms with Gasteiger partial charge in [0.25, 0.3) is 0 Å². The predicted octanol–water partition coefficient (Wildman–Crippen LogP) is 0.292. The number of hydrogen-bond donors (Lipinski definition) is 1. The summed E-state index contributed by atoms with van der Waals surface area (Å²) < 4.78 is 34.0. The van der Waals surface area contributed by atoms with Crippen LogP contribution in [0.25, 0.3) is 0 Å². The Morgan fingerprint density at radius 3 is 2.90 bits per heavy atom. The lowest BCUT2D eigenvalue weighted by Gasteiger charge is -2.37. The second kappa shape index (κ2) is 6.43. The molecule has 8 heteroatoms. The fourth-order valence-corrected chi connectivity index (χ4v) is 3.87. The number of rotatable bonds is 6. The fraction of sp³-hybridized carbons (Fsp3) is 0.769. The topological polar surface area (TPSA) is 76.5 Å². The van der Waals surface area contributed by atoms with Crippen LogP contribution in [0.3, 0.4) is 0 Å². The Labute approximate surface area is 126 Å². The van der Waals surface area contributed by atoms with Crippen LogP contribution < -0.4 is 5.32 Å². The van der Waals surface area contributed by atoms with E-state index < -0.39 is 15.6 Å². The first-order valence-electron chi connectivity index (χ1n) is 7.16. The maximum absolute atomic E-state index is 12.6. The number of nitrogens with zero attached hydrogens (tertiary/aromatic N) is 3. The molecular formula is C13H24N4O3S. The van der Waals surface area contributed by atoms with Crippen molar-refractivity contribution in [2.45, 2.75) is 37.3 Å². The number of sulfonamides is 1. The molecule has 0 aliphatic carbocycles. The minimum atomic E-state index is -3.49. The lowest BCUT2D eigenvalue weighted by atomic mass is 10.1. The first kappa shape index (κ1) is 16.4. The average molecular weight is 316 g/mol. The van der Waals surface area contributed by atoms with Gasteiger partial charge >= 0.3 is 0 Å². The van der Waals surface area contributed by atoms with Crippen LogP contribution in [0, 0.1) is 0 Å².